The van der Waals surface area contributed by atoms with E-state index in [0.717, 1.165) is 12.8 Å². The molecule has 0 bridgehead atoms. The Bertz CT molecular complexity index is 159. The van der Waals surface area contributed by atoms with E-state index in [1.807, 2.05) is 13.8 Å². The molecular weight excluding hydrogens is 148 g/mol. The molecule has 0 aliphatic heterocycles. The predicted octanol–water partition coefficient (Wildman–Crippen LogP) is 1.57. The van der Waals surface area contributed by atoms with Gasteiger partial charge in [-0.3, -0.25) is 0 Å². The van der Waals surface area contributed by atoms with E-state index in [1.54, 1.807) is 0 Å². The molecular formula is C10H20N2. The molecule has 0 saturated heterocycles. The molecule has 0 heterocycles. The third kappa shape index (κ3) is 3.69. The molecule has 12 heavy (non-hydrogen) atoms. The fourth-order valence-electron chi connectivity index (χ4n) is 1.04. The zero-order valence-corrected chi connectivity index (χ0v) is 8.09. The van der Waals surface area contributed by atoms with Crippen molar-refractivity contribution in [3.8, 4) is 0 Å². The molecule has 0 spiro atoms. The first-order chi connectivity index (χ1) is 5.84. The van der Waals surface area contributed by atoms with E-state index < -0.39 is 0 Å². The van der Waals surface area contributed by atoms with E-state index in [4.69, 9.17) is 11.5 Å². The summed E-state index contributed by atoms with van der Waals surface area (Å²) in [4.78, 5) is 0. The van der Waals surface area contributed by atoms with Crippen molar-refractivity contribution in [1.82, 2.24) is 0 Å². The second kappa shape index (κ2) is 7.07. The van der Waals surface area contributed by atoms with Gasteiger partial charge in [0.15, 0.2) is 0 Å². The molecule has 0 aromatic carbocycles. The Kier molecular flexibility index (Phi) is 6.72. The molecule has 0 aromatic heterocycles. The van der Waals surface area contributed by atoms with Crippen LogP contribution in [-0.2, 0) is 0 Å². The first-order valence-corrected chi connectivity index (χ1v) is 4.67. The van der Waals surface area contributed by atoms with Crippen LogP contribution in [0.15, 0.2) is 23.8 Å². The SMILES string of the molecule is CC.NCC(N)C1=CCCC=C1. The van der Waals surface area contributed by atoms with Gasteiger partial charge in [0.25, 0.3) is 0 Å². The van der Waals surface area contributed by atoms with Crippen LogP contribution in [0.3, 0.4) is 0 Å². The van der Waals surface area contributed by atoms with Crippen molar-refractivity contribution < 1.29 is 0 Å². The van der Waals surface area contributed by atoms with Crippen LogP contribution in [0.5, 0.6) is 0 Å². The highest BCUT2D eigenvalue weighted by molar-refractivity contribution is 5.27. The summed E-state index contributed by atoms with van der Waals surface area (Å²) in [5.74, 6) is 0. The van der Waals surface area contributed by atoms with Gasteiger partial charge < -0.3 is 11.5 Å². The topological polar surface area (TPSA) is 52.0 Å². The van der Waals surface area contributed by atoms with Crippen LogP contribution in [0.25, 0.3) is 0 Å². The Labute approximate surface area is 75.3 Å². The first-order valence-electron chi connectivity index (χ1n) is 4.67. The van der Waals surface area contributed by atoms with Crippen molar-refractivity contribution in [2.45, 2.75) is 32.7 Å². The highest BCUT2D eigenvalue weighted by Gasteiger charge is 2.04. The van der Waals surface area contributed by atoms with E-state index >= 15 is 0 Å². The van der Waals surface area contributed by atoms with Gasteiger partial charge in [-0.1, -0.05) is 32.1 Å². The minimum atomic E-state index is 0.0385. The molecule has 0 radical (unpaired) electrons. The van der Waals surface area contributed by atoms with Crippen LogP contribution >= 0.6 is 0 Å². The standard InChI is InChI=1S/C8H14N2.C2H6/c9-6-8(10)7-4-2-1-3-5-7;1-2/h2,4-5,8H,1,3,6,9-10H2;1-2H3. The molecule has 1 aliphatic carbocycles. The molecule has 1 aliphatic rings. The van der Waals surface area contributed by atoms with E-state index in [0.29, 0.717) is 6.54 Å². The molecule has 0 fully saturated rings. The highest BCUT2D eigenvalue weighted by atomic mass is 14.7. The lowest BCUT2D eigenvalue weighted by atomic mass is 10.0. The third-order valence-electron chi connectivity index (χ3n) is 1.71. The van der Waals surface area contributed by atoms with Gasteiger partial charge in [-0.2, -0.15) is 0 Å². The van der Waals surface area contributed by atoms with Crippen molar-refractivity contribution in [3.63, 3.8) is 0 Å². The molecule has 4 N–H and O–H groups in total. The summed E-state index contributed by atoms with van der Waals surface area (Å²) in [5, 5.41) is 0. The molecule has 0 aromatic rings. The summed E-state index contributed by atoms with van der Waals surface area (Å²) in [6, 6.07) is 0.0385. The minimum Gasteiger partial charge on any atom is -0.329 e. The van der Waals surface area contributed by atoms with E-state index in [9.17, 15) is 0 Å². The third-order valence-corrected chi connectivity index (χ3v) is 1.71. The number of allylic oxidation sites excluding steroid dienone is 2. The van der Waals surface area contributed by atoms with Crippen LogP contribution in [-0.4, -0.2) is 12.6 Å². The molecule has 0 saturated carbocycles. The average Bonchev–Trinajstić information content (AvgIpc) is 2.21. The van der Waals surface area contributed by atoms with Gasteiger partial charge in [0.05, 0.1) is 0 Å². The second-order valence-electron chi connectivity index (χ2n) is 2.53. The lowest BCUT2D eigenvalue weighted by Gasteiger charge is -2.12. The molecule has 70 valence electrons. The van der Waals surface area contributed by atoms with Gasteiger partial charge in [0, 0.05) is 12.6 Å². The van der Waals surface area contributed by atoms with Crippen LogP contribution in [0, 0.1) is 0 Å². The van der Waals surface area contributed by atoms with Crippen molar-refractivity contribution >= 4 is 0 Å². The van der Waals surface area contributed by atoms with Crippen molar-refractivity contribution in [2.24, 2.45) is 11.5 Å². The van der Waals surface area contributed by atoms with Gasteiger partial charge in [-0.05, 0) is 18.4 Å². The zero-order valence-electron chi connectivity index (χ0n) is 8.09. The number of hydrogen-bond acceptors (Lipinski definition) is 2. The van der Waals surface area contributed by atoms with E-state index in [-0.39, 0.29) is 6.04 Å². The average molecular weight is 168 g/mol. The van der Waals surface area contributed by atoms with Crippen molar-refractivity contribution in [1.29, 1.82) is 0 Å². The number of rotatable bonds is 2. The number of nitrogens with two attached hydrogens (primary N) is 2. The van der Waals surface area contributed by atoms with Gasteiger partial charge in [0.1, 0.15) is 0 Å². The Morgan fingerprint density at radius 1 is 1.42 bits per heavy atom. The smallest absolute Gasteiger partial charge is 0.0416 e. The van der Waals surface area contributed by atoms with Gasteiger partial charge in [0.2, 0.25) is 0 Å². The Morgan fingerprint density at radius 2 is 2.08 bits per heavy atom. The van der Waals surface area contributed by atoms with Crippen LogP contribution < -0.4 is 11.5 Å². The van der Waals surface area contributed by atoms with Crippen molar-refractivity contribution in [3.05, 3.63) is 23.8 Å². The summed E-state index contributed by atoms with van der Waals surface area (Å²) < 4.78 is 0. The normalized spacial score (nSPS) is 17.5. The summed E-state index contributed by atoms with van der Waals surface area (Å²) in [5.41, 5.74) is 12.3. The first kappa shape index (κ1) is 11.4. The lowest BCUT2D eigenvalue weighted by Crippen LogP contribution is -2.31. The van der Waals surface area contributed by atoms with Crippen LogP contribution in [0.4, 0.5) is 0 Å². The zero-order chi connectivity index (χ0) is 9.40. The summed E-state index contributed by atoms with van der Waals surface area (Å²) in [6.45, 7) is 4.54. The number of hydrogen-bond donors (Lipinski definition) is 2. The summed E-state index contributed by atoms with van der Waals surface area (Å²) in [7, 11) is 0. The maximum Gasteiger partial charge on any atom is 0.0416 e. The van der Waals surface area contributed by atoms with Crippen molar-refractivity contribution in [2.75, 3.05) is 6.54 Å². The molecule has 1 rings (SSSR count). The lowest BCUT2D eigenvalue weighted by molar-refractivity contribution is 0.780. The molecule has 2 nitrogen and oxygen atoms in total. The summed E-state index contributed by atoms with van der Waals surface area (Å²) >= 11 is 0. The molecule has 0 amide bonds. The minimum absolute atomic E-state index is 0.0385. The Morgan fingerprint density at radius 3 is 2.50 bits per heavy atom. The largest absolute Gasteiger partial charge is 0.329 e. The fourth-order valence-corrected chi connectivity index (χ4v) is 1.04. The fraction of sp³-hybridized carbons (Fsp3) is 0.600. The predicted molar refractivity (Wildman–Crippen MR) is 54.8 cm³/mol. The molecule has 1 unspecified atom stereocenters. The molecule has 2 heteroatoms. The second-order valence-corrected chi connectivity index (χ2v) is 2.53. The van der Waals surface area contributed by atoms with Gasteiger partial charge in [-0.15, -0.1) is 0 Å². The molecule has 1 atom stereocenters. The van der Waals surface area contributed by atoms with E-state index in [1.165, 1.54) is 5.57 Å². The maximum absolute atomic E-state index is 5.70. The maximum atomic E-state index is 5.70. The van der Waals surface area contributed by atoms with Crippen LogP contribution in [0.2, 0.25) is 0 Å². The van der Waals surface area contributed by atoms with Gasteiger partial charge in [-0.25, -0.2) is 0 Å². The van der Waals surface area contributed by atoms with Gasteiger partial charge >= 0.3 is 0 Å². The Balaban J connectivity index is 0.000000561. The monoisotopic (exact) mass is 168 g/mol. The quantitative estimate of drug-likeness (QED) is 0.657. The highest BCUT2D eigenvalue weighted by Crippen LogP contribution is 2.10. The van der Waals surface area contributed by atoms with E-state index in [2.05, 4.69) is 18.2 Å². The Hall–Kier alpha value is -0.600. The van der Waals surface area contributed by atoms with Crippen LogP contribution in [0.1, 0.15) is 26.7 Å². The summed E-state index contributed by atoms with van der Waals surface area (Å²) in [6.07, 6.45) is 8.63.